The van der Waals surface area contributed by atoms with Crippen molar-refractivity contribution in [2.45, 2.75) is 20.8 Å². The molecular formula is C18H31IN4O2S. The zero-order chi connectivity index (χ0) is 18.4. The van der Waals surface area contributed by atoms with Crippen LogP contribution in [-0.4, -0.2) is 70.6 Å². The Morgan fingerprint density at radius 3 is 2.42 bits per heavy atom. The van der Waals surface area contributed by atoms with Gasteiger partial charge in [-0.2, -0.15) is 0 Å². The number of aliphatic imine (C=N–C) groups is 1. The van der Waals surface area contributed by atoms with Crippen molar-refractivity contribution in [1.82, 2.24) is 10.2 Å². The lowest BCUT2D eigenvalue weighted by Gasteiger charge is -2.38. The van der Waals surface area contributed by atoms with Crippen LogP contribution in [0.2, 0.25) is 0 Å². The summed E-state index contributed by atoms with van der Waals surface area (Å²) in [5.74, 6) is 0.899. The predicted molar refractivity (Wildman–Crippen MR) is 121 cm³/mol. The number of piperazine rings is 1. The van der Waals surface area contributed by atoms with E-state index in [-0.39, 0.29) is 29.7 Å². The molecule has 0 unspecified atom stereocenters. The summed E-state index contributed by atoms with van der Waals surface area (Å²) in [6.07, 6.45) is 1.25. The number of hydrogen-bond acceptors (Lipinski definition) is 4. The standard InChI is InChI=1S/C18H30N4O2S.HI/c1-5-19-18(20-9-14-25(4,23)24)22-12-10-21(11-13-22)17-8-6-7-15(2)16(17)3;/h6-8H,5,9-14H2,1-4H3,(H,19,20);1H. The molecule has 0 atom stereocenters. The summed E-state index contributed by atoms with van der Waals surface area (Å²) in [6, 6.07) is 6.44. The van der Waals surface area contributed by atoms with E-state index < -0.39 is 9.84 Å². The molecule has 0 bridgehead atoms. The van der Waals surface area contributed by atoms with Crippen LogP contribution in [0.15, 0.2) is 23.2 Å². The number of rotatable bonds is 5. The molecule has 1 aliphatic heterocycles. The third-order valence-electron chi connectivity index (χ3n) is 4.55. The second kappa shape index (κ2) is 10.3. The van der Waals surface area contributed by atoms with Crippen molar-refractivity contribution in [3.8, 4) is 0 Å². The smallest absolute Gasteiger partial charge is 0.194 e. The number of hydrogen-bond donors (Lipinski definition) is 1. The number of halogens is 1. The van der Waals surface area contributed by atoms with Gasteiger partial charge in [0, 0.05) is 44.7 Å². The van der Waals surface area contributed by atoms with Gasteiger partial charge >= 0.3 is 0 Å². The Morgan fingerprint density at radius 2 is 1.85 bits per heavy atom. The lowest BCUT2D eigenvalue weighted by molar-refractivity contribution is 0.372. The van der Waals surface area contributed by atoms with Crippen LogP contribution in [0.3, 0.4) is 0 Å². The molecule has 2 rings (SSSR count). The van der Waals surface area contributed by atoms with Crippen LogP contribution in [0, 0.1) is 13.8 Å². The van der Waals surface area contributed by atoms with Crippen LogP contribution in [-0.2, 0) is 9.84 Å². The Balaban J connectivity index is 0.00000338. The van der Waals surface area contributed by atoms with Gasteiger partial charge in [0.25, 0.3) is 0 Å². The van der Waals surface area contributed by atoms with Gasteiger partial charge in [-0.3, -0.25) is 4.99 Å². The maximum atomic E-state index is 11.3. The number of benzene rings is 1. The summed E-state index contributed by atoms with van der Waals surface area (Å²) in [6.45, 7) is 11.0. The monoisotopic (exact) mass is 494 g/mol. The highest BCUT2D eigenvalue weighted by atomic mass is 127. The molecule has 8 heteroatoms. The van der Waals surface area contributed by atoms with E-state index in [0.29, 0.717) is 6.54 Å². The van der Waals surface area contributed by atoms with E-state index >= 15 is 0 Å². The fourth-order valence-electron chi connectivity index (χ4n) is 2.98. The number of aryl methyl sites for hydroxylation is 1. The normalized spacial score (nSPS) is 15.6. The van der Waals surface area contributed by atoms with Gasteiger partial charge in [0.05, 0.1) is 12.3 Å². The highest BCUT2D eigenvalue weighted by molar-refractivity contribution is 14.0. The van der Waals surface area contributed by atoms with Crippen LogP contribution in [0.5, 0.6) is 0 Å². The van der Waals surface area contributed by atoms with Crippen LogP contribution in [0.1, 0.15) is 18.1 Å². The largest absolute Gasteiger partial charge is 0.368 e. The molecule has 148 valence electrons. The highest BCUT2D eigenvalue weighted by Crippen LogP contribution is 2.23. The van der Waals surface area contributed by atoms with E-state index in [2.05, 4.69) is 52.2 Å². The molecule has 0 saturated carbocycles. The highest BCUT2D eigenvalue weighted by Gasteiger charge is 2.21. The summed E-state index contributed by atoms with van der Waals surface area (Å²) in [5, 5.41) is 3.28. The van der Waals surface area contributed by atoms with Crippen molar-refractivity contribution in [3.63, 3.8) is 0 Å². The topological polar surface area (TPSA) is 65.0 Å². The third kappa shape index (κ3) is 6.61. The van der Waals surface area contributed by atoms with Gasteiger partial charge in [0.1, 0.15) is 9.84 Å². The van der Waals surface area contributed by atoms with E-state index in [1.807, 2.05) is 6.92 Å². The van der Waals surface area contributed by atoms with Gasteiger partial charge < -0.3 is 15.1 Å². The molecule has 1 aromatic rings. The molecule has 1 heterocycles. The second-order valence-electron chi connectivity index (χ2n) is 6.56. The number of nitrogens with zero attached hydrogens (tertiary/aromatic N) is 3. The van der Waals surface area contributed by atoms with Gasteiger partial charge in [-0.15, -0.1) is 24.0 Å². The average molecular weight is 494 g/mol. The molecule has 0 aromatic heterocycles. The van der Waals surface area contributed by atoms with Crippen LogP contribution in [0.4, 0.5) is 5.69 Å². The minimum Gasteiger partial charge on any atom is -0.368 e. The van der Waals surface area contributed by atoms with Gasteiger partial charge in [-0.05, 0) is 38.0 Å². The Bertz CT molecular complexity index is 714. The molecular weight excluding hydrogens is 463 g/mol. The number of nitrogens with one attached hydrogen (secondary N) is 1. The first-order chi connectivity index (χ1) is 11.8. The summed E-state index contributed by atoms with van der Waals surface area (Å²) in [7, 11) is -2.98. The quantitative estimate of drug-likeness (QED) is 0.386. The molecule has 1 saturated heterocycles. The van der Waals surface area contributed by atoms with Gasteiger partial charge in [-0.1, -0.05) is 12.1 Å². The van der Waals surface area contributed by atoms with Crippen molar-refractivity contribution in [1.29, 1.82) is 0 Å². The Morgan fingerprint density at radius 1 is 1.19 bits per heavy atom. The third-order valence-corrected chi connectivity index (χ3v) is 5.48. The van der Waals surface area contributed by atoms with E-state index in [1.165, 1.54) is 23.1 Å². The first-order valence-electron chi connectivity index (χ1n) is 8.84. The molecule has 0 spiro atoms. The van der Waals surface area contributed by atoms with Crippen LogP contribution >= 0.6 is 24.0 Å². The lowest BCUT2D eigenvalue weighted by atomic mass is 10.1. The van der Waals surface area contributed by atoms with Crippen molar-refractivity contribution in [2.24, 2.45) is 4.99 Å². The van der Waals surface area contributed by atoms with E-state index in [9.17, 15) is 8.42 Å². The van der Waals surface area contributed by atoms with Crippen LogP contribution < -0.4 is 10.2 Å². The van der Waals surface area contributed by atoms with Gasteiger partial charge in [0.2, 0.25) is 0 Å². The Kier molecular flexibility index (Phi) is 9.15. The number of sulfone groups is 1. The first-order valence-corrected chi connectivity index (χ1v) is 10.9. The summed E-state index contributed by atoms with van der Waals surface area (Å²) in [5.41, 5.74) is 3.96. The fraction of sp³-hybridized carbons (Fsp3) is 0.611. The van der Waals surface area contributed by atoms with Crippen molar-refractivity contribution in [3.05, 3.63) is 29.3 Å². The minimum absolute atomic E-state index is 0. The average Bonchev–Trinajstić information content (AvgIpc) is 2.56. The number of anilines is 1. The molecule has 0 amide bonds. The molecule has 1 aliphatic rings. The molecule has 26 heavy (non-hydrogen) atoms. The molecule has 0 radical (unpaired) electrons. The van der Waals surface area contributed by atoms with Gasteiger partial charge in [0.15, 0.2) is 5.96 Å². The van der Waals surface area contributed by atoms with Crippen molar-refractivity contribution >= 4 is 45.5 Å². The maximum Gasteiger partial charge on any atom is 0.194 e. The molecule has 0 aliphatic carbocycles. The zero-order valence-corrected chi connectivity index (χ0v) is 19.3. The van der Waals surface area contributed by atoms with Gasteiger partial charge in [-0.25, -0.2) is 8.42 Å². The Labute approximate surface area is 175 Å². The summed E-state index contributed by atoms with van der Waals surface area (Å²) >= 11 is 0. The summed E-state index contributed by atoms with van der Waals surface area (Å²) < 4.78 is 22.6. The van der Waals surface area contributed by atoms with Crippen molar-refractivity contribution in [2.75, 3.05) is 56.2 Å². The van der Waals surface area contributed by atoms with E-state index in [4.69, 9.17) is 0 Å². The predicted octanol–water partition coefficient (Wildman–Crippen LogP) is 2.05. The first kappa shape index (κ1) is 23.0. The zero-order valence-electron chi connectivity index (χ0n) is 16.2. The van der Waals surface area contributed by atoms with E-state index in [1.54, 1.807) is 0 Å². The number of guanidine groups is 1. The molecule has 1 fully saturated rings. The molecule has 6 nitrogen and oxygen atoms in total. The van der Waals surface area contributed by atoms with E-state index in [0.717, 1.165) is 38.7 Å². The fourth-order valence-corrected chi connectivity index (χ4v) is 3.40. The van der Waals surface area contributed by atoms with Crippen LogP contribution in [0.25, 0.3) is 0 Å². The maximum absolute atomic E-state index is 11.3. The minimum atomic E-state index is -2.98. The SMILES string of the molecule is CCNC(=NCCS(C)(=O)=O)N1CCN(c2cccc(C)c2C)CC1.I. The second-order valence-corrected chi connectivity index (χ2v) is 8.82. The lowest BCUT2D eigenvalue weighted by Crippen LogP contribution is -2.52. The molecule has 1 aromatic carbocycles. The Hall–Kier alpha value is -1.03. The van der Waals surface area contributed by atoms with Crippen molar-refractivity contribution < 1.29 is 8.42 Å². The summed E-state index contributed by atoms with van der Waals surface area (Å²) in [4.78, 5) is 9.12. The molecule has 1 N–H and O–H groups in total.